The van der Waals surface area contributed by atoms with Gasteiger partial charge in [-0.05, 0) is 31.0 Å². The Hall–Kier alpha value is -1.88. The van der Waals surface area contributed by atoms with Crippen LogP contribution in [0.4, 0.5) is 0 Å². The van der Waals surface area contributed by atoms with E-state index < -0.39 is 0 Å². The maximum atomic E-state index is 9.63. The summed E-state index contributed by atoms with van der Waals surface area (Å²) < 4.78 is 10.5. The van der Waals surface area contributed by atoms with E-state index in [9.17, 15) is 5.11 Å². The number of rotatable bonds is 5. The first kappa shape index (κ1) is 12.6. The minimum Gasteiger partial charge on any atom is -0.508 e. The molecule has 0 aliphatic heterocycles. The second-order valence-electron chi connectivity index (χ2n) is 4.07. The van der Waals surface area contributed by atoms with Gasteiger partial charge in [-0.25, -0.2) is 0 Å². The molecular formula is C13H16N2O3. The summed E-state index contributed by atoms with van der Waals surface area (Å²) in [6, 6.07) is 5.25. The molecule has 5 nitrogen and oxygen atoms in total. The van der Waals surface area contributed by atoms with Gasteiger partial charge < -0.3 is 14.4 Å². The van der Waals surface area contributed by atoms with Crippen LogP contribution in [0.15, 0.2) is 22.7 Å². The average Bonchev–Trinajstić information content (AvgIpc) is 2.82. The number of phenolic OH excluding ortho intramolecular Hbond substituents is 1. The van der Waals surface area contributed by atoms with Gasteiger partial charge in [0.05, 0.1) is 0 Å². The molecule has 1 heterocycles. The molecule has 2 aromatic rings. The van der Waals surface area contributed by atoms with Gasteiger partial charge >= 0.3 is 0 Å². The van der Waals surface area contributed by atoms with Crippen LogP contribution in [0.1, 0.15) is 24.7 Å². The number of nitrogens with zero attached hydrogens (tertiary/aromatic N) is 2. The van der Waals surface area contributed by atoms with E-state index in [0.717, 1.165) is 12.0 Å². The van der Waals surface area contributed by atoms with Crippen molar-refractivity contribution in [1.29, 1.82) is 0 Å². The highest BCUT2D eigenvalue weighted by atomic mass is 16.5. The van der Waals surface area contributed by atoms with Crippen molar-refractivity contribution >= 4 is 0 Å². The van der Waals surface area contributed by atoms with Crippen LogP contribution in [0.3, 0.4) is 0 Å². The van der Waals surface area contributed by atoms with Crippen molar-refractivity contribution in [3.8, 4) is 17.2 Å². The van der Waals surface area contributed by atoms with Gasteiger partial charge in [-0.15, -0.1) is 0 Å². The Morgan fingerprint density at radius 3 is 2.94 bits per heavy atom. The zero-order chi connectivity index (χ0) is 13.0. The smallest absolute Gasteiger partial charge is 0.258 e. The zero-order valence-electron chi connectivity index (χ0n) is 10.5. The fourth-order valence-corrected chi connectivity index (χ4v) is 1.48. The number of aromatic nitrogens is 2. The summed E-state index contributed by atoms with van der Waals surface area (Å²) in [5.74, 6) is 1.12. The molecule has 0 aliphatic rings. The fourth-order valence-electron chi connectivity index (χ4n) is 1.48. The first-order valence-electron chi connectivity index (χ1n) is 5.91. The molecule has 96 valence electrons. The van der Waals surface area contributed by atoms with Crippen molar-refractivity contribution in [2.45, 2.75) is 26.9 Å². The second-order valence-corrected chi connectivity index (χ2v) is 4.07. The maximum absolute atomic E-state index is 9.63. The molecule has 0 bridgehead atoms. The average molecular weight is 248 g/mol. The van der Waals surface area contributed by atoms with Gasteiger partial charge in [0.2, 0.25) is 0 Å². The second kappa shape index (κ2) is 5.64. The van der Waals surface area contributed by atoms with Crippen molar-refractivity contribution in [2.75, 3.05) is 6.61 Å². The van der Waals surface area contributed by atoms with E-state index in [1.54, 1.807) is 6.07 Å². The van der Waals surface area contributed by atoms with Crippen molar-refractivity contribution in [3.05, 3.63) is 29.6 Å². The number of phenols is 1. The largest absolute Gasteiger partial charge is 0.508 e. The first-order chi connectivity index (χ1) is 8.70. The fraction of sp³-hybridized carbons (Fsp3) is 0.385. The quantitative estimate of drug-likeness (QED) is 0.824. The molecule has 1 aromatic heterocycles. The molecule has 1 N–H and O–H groups in total. The van der Waals surface area contributed by atoms with Crippen LogP contribution >= 0.6 is 0 Å². The minimum atomic E-state index is 0.217. The molecule has 5 heteroatoms. The van der Waals surface area contributed by atoms with Gasteiger partial charge in [0, 0.05) is 12.2 Å². The van der Waals surface area contributed by atoms with Crippen molar-refractivity contribution in [1.82, 2.24) is 10.1 Å². The molecule has 0 atom stereocenters. The van der Waals surface area contributed by atoms with E-state index in [0.29, 0.717) is 30.5 Å². The van der Waals surface area contributed by atoms with Crippen molar-refractivity contribution in [2.24, 2.45) is 0 Å². The van der Waals surface area contributed by atoms with E-state index in [1.807, 2.05) is 26.0 Å². The highest BCUT2D eigenvalue weighted by Crippen LogP contribution is 2.24. The summed E-state index contributed by atoms with van der Waals surface area (Å²) in [4.78, 5) is 4.21. The SMILES string of the molecule is CCCOCc1noc(-c2ccc(C)c(O)c2)n1. The lowest BCUT2D eigenvalue weighted by atomic mass is 10.1. The number of ether oxygens (including phenoxy) is 1. The van der Waals surface area contributed by atoms with Crippen molar-refractivity contribution < 1.29 is 14.4 Å². The Bertz CT molecular complexity index is 523. The highest BCUT2D eigenvalue weighted by Gasteiger charge is 2.10. The van der Waals surface area contributed by atoms with Crippen LogP contribution in [-0.4, -0.2) is 21.9 Å². The number of hydrogen-bond acceptors (Lipinski definition) is 5. The molecular weight excluding hydrogens is 232 g/mol. The molecule has 0 amide bonds. The van der Waals surface area contributed by atoms with Crippen LogP contribution in [0.25, 0.3) is 11.5 Å². The number of aromatic hydroxyl groups is 1. The van der Waals surface area contributed by atoms with Crippen LogP contribution in [-0.2, 0) is 11.3 Å². The third kappa shape index (κ3) is 2.87. The lowest BCUT2D eigenvalue weighted by Gasteiger charge is -1.99. The summed E-state index contributed by atoms with van der Waals surface area (Å²) in [6.07, 6.45) is 0.955. The molecule has 0 saturated heterocycles. The molecule has 0 unspecified atom stereocenters. The molecule has 0 saturated carbocycles. The Balaban J connectivity index is 2.11. The number of aryl methyl sites for hydroxylation is 1. The molecule has 0 fully saturated rings. The maximum Gasteiger partial charge on any atom is 0.258 e. The topological polar surface area (TPSA) is 68.4 Å². The molecule has 0 radical (unpaired) electrons. The van der Waals surface area contributed by atoms with Crippen LogP contribution < -0.4 is 0 Å². The highest BCUT2D eigenvalue weighted by molar-refractivity contribution is 5.57. The van der Waals surface area contributed by atoms with E-state index in [-0.39, 0.29) is 5.75 Å². The molecule has 2 rings (SSSR count). The summed E-state index contributed by atoms with van der Waals surface area (Å²) in [6.45, 7) is 4.89. The molecule has 1 aromatic carbocycles. The lowest BCUT2D eigenvalue weighted by molar-refractivity contribution is 0.114. The Kier molecular flexibility index (Phi) is 3.94. The van der Waals surface area contributed by atoms with E-state index in [2.05, 4.69) is 10.1 Å². The minimum absolute atomic E-state index is 0.217. The van der Waals surface area contributed by atoms with Gasteiger partial charge in [-0.1, -0.05) is 18.1 Å². The summed E-state index contributed by atoms with van der Waals surface area (Å²) >= 11 is 0. The van der Waals surface area contributed by atoms with Crippen LogP contribution in [0.2, 0.25) is 0 Å². The van der Waals surface area contributed by atoms with Gasteiger partial charge in [0.1, 0.15) is 12.4 Å². The van der Waals surface area contributed by atoms with E-state index >= 15 is 0 Å². The Labute approximate surface area is 105 Å². The Morgan fingerprint density at radius 2 is 2.22 bits per heavy atom. The summed E-state index contributed by atoms with van der Waals surface area (Å²) in [7, 11) is 0. The van der Waals surface area contributed by atoms with Gasteiger partial charge in [-0.2, -0.15) is 4.98 Å². The summed E-state index contributed by atoms with van der Waals surface area (Å²) in [5, 5.41) is 13.5. The molecule has 0 aliphatic carbocycles. The zero-order valence-corrected chi connectivity index (χ0v) is 10.5. The predicted octanol–water partition coefficient (Wildman–Crippen LogP) is 2.68. The third-order valence-electron chi connectivity index (χ3n) is 2.50. The standard InChI is InChI=1S/C13H16N2O3/c1-3-6-17-8-12-14-13(18-15-12)10-5-4-9(2)11(16)7-10/h4-5,7,16H,3,6,8H2,1-2H3. The summed E-state index contributed by atoms with van der Waals surface area (Å²) in [5.41, 5.74) is 1.51. The first-order valence-corrected chi connectivity index (χ1v) is 5.91. The number of benzene rings is 1. The van der Waals surface area contributed by atoms with Gasteiger partial charge in [-0.3, -0.25) is 0 Å². The number of hydrogen-bond donors (Lipinski definition) is 1. The normalized spacial score (nSPS) is 10.8. The van der Waals surface area contributed by atoms with Crippen LogP contribution in [0, 0.1) is 6.92 Å². The molecule has 18 heavy (non-hydrogen) atoms. The lowest BCUT2D eigenvalue weighted by Crippen LogP contribution is -1.95. The third-order valence-corrected chi connectivity index (χ3v) is 2.50. The van der Waals surface area contributed by atoms with E-state index in [1.165, 1.54) is 0 Å². The van der Waals surface area contributed by atoms with Gasteiger partial charge in [0.15, 0.2) is 5.82 Å². The van der Waals surface area contributed by atoms with Gasteiger partial charge in [0.25, 0.3) is 5.89 Å². The van der Waals surface area contributed by atoms with Crippen LogP contribution in [0.5, 0.6) is 5.75 Å². The molecule has 0 spiro atoms. The van der Waals surface area contributed by atoms with Crippen molar-refractivity contribution in [3.63, 3.8) is 0 Å². The van der Waals surface area contributed by atoms with E-state index in [4.69, 9.17) is 9.26 Å². The predicted molar refractivity (Wildman–Crippen MR) is 66.1 cm³/mol. The monoisotopic (exact) mass is 248 g/mol. The Morgan fingerprint density at radius 1 is 1.39 bits per heavy atom.